The fourth-order valence-electron chi connectivity index (χ4n) is 3.17. The highest BCUT2D eigenvalue weighted by atomic mass is 16.5. The fourth-order valence-corrected chi connectivity index (χ4v) is 3.17. The van der Waals surface area contributed by atoms with Crippen LogP contribution in [-0.2, 0) is 4.79 Å². The number of aromatic nitrogens is 1. The van der Waals surface area contributed by atoms with E-state index < -0.39 is 0 Å². The summed E-state index contributed by atoms with van der Waals surface area (Å²) in [6.45, 7) is 0.132. The largest absolute Gasteiger partial charge is 0.497 e. The first-order chi connectivity index (χ1) is 14.5. The maximum absolute atomic E-state index is 12.7. The van der Waals surface area contributed by atoms with E-state index in [1.165, 1.54) is 0 Å². The molecule has 0 unspecified atom stereocenters. The number of ether oxygens (including phenoxy) is 4. The molecule has 1 heterocycles. The molecular weight excluding hydrogens is 386 g/mol. The zero-order valence-electron chi connectivity index (χ0n) is 17.7. The first kappa shape index (κ1) is 21.0. The fraction of sp³-hybridized carbons (Fsp3) is 0.273. The van der Waals surface area contributed by atoms with Gasteiger partial charge in [-0.15, -0.1) is 0 Å². The van der Waals surface area contributed by atoms with Crippen LogP contribution < -0.4 is 29.2 Å². The smallest absolute Gasteiger partial charge is 0.243 e. The van der Waals surface area contributed by atoms with Gasteiger partial charge in [0, 0.05) is 54.3 Å². The Morgan fingerprint density at radius 1 is 0.933 bits per heavy atom. The molecule has 0 bridgehead atoms. The van der Waals surface area contributed by atoms with Crippen molar-refractivity contribution in [3.05, 3.63) is 42.6 Å². The summed E-state index contributed by atoms with van der Waals surface area (Å²) in [5.74, 6) is 2.21. The lowest BCUT2D eigenvalue weighted by Gasteiger charge is -2.21. The molecule has 158 valence electrons. The number of anilines is 2. The molecule has 0 aliphatic heterocycles. The molecule has 2 aromatic carbocycles. The summed E-state index contributed by atoms with van der Waals surface area (Å²) in [6, 6.07) is 10.7. The van der Waals surface area contributed by atoms with Gasteiger partial charge in [0.15, 0.2) is 11.5 Å². The van der Waals surface area contributed by atoms with Crippen molar-refractivity contribution in [2.75, 3.05) is 52.2 Å². The van der Waals surface area contributed by atoms with Crippen LogP contribution in [0.4, 0.5) is 11.4 Å². The Labute approximate surface area is 175 Å². The highest BCUT2D eigenvalue weighted by Gasteiger charge is 2.15. The maximum Gasteiger partial charge on any atom is 0.243 e. The second-order valence-electron chi connectivity index (χ2n) is 6.56. The molecular formula is C22H25N3O5. The van der Waals surface area contributed by atoms with Crippen LogP contribution in [0.2, 0.25) is 0 Å². The van der Waals surface area contributed by atoms with Gasteiger partial charge in [0.25, 0.3) is 0 Å². The Kier molecular flexibility index (Phi) is 6.46. The van der Waals surface area contributed by atoms with Crippen molar-refractivity contribution in [3.8, 4) is 23.0 Å². The summed E-state index contributed by atoms with van der Waals surface area (Å²) < 4.78 is 21.3. The van der Waals surface area contributed by atoms with Gasteiger partial charge in [0.1, 0.15) is 11.5 Å². The lowest BCUT2D eigenvalue weighted by atomic mass is 10.1. The van der Waals surface area contributed by atoms with Gasteiger partial charge in [-0.05, 0) is 12.1 Å². The zero-order valence-corrected chi connectivity index (χ0v) is 17.7. The molecule has 30 heavy (non-hydrogen) atoms. The number of fused-ring (bicyclic) bond motifs is 1. The summed E-state index contributed by atoms with van der Waals surface area (Å²) in [5.41, 5.74) is 2.19. The number of carbonyl (C=O) groups excluding carboxylic acids is 1. The predicted octanol–water partition coefficient (Wildman–Crippen LogP) is 3.34. The van der Waals surface area contributed by atoms with E-state index in [-0.39, 0.29) is 12.5 Å². The van der Waals surface area contributed by atoms with Crippen molar-refractivity contribution < 1.29 is 23.7 Å². The molecule has 0 atom stereocenters. The van der Waals surface area contributed by atoms with Gasteiger partial charge in [-0.2, -0.15) is 0 Å². The van der Waals surface area contributed by atoms with Gasteiger partial charge < -0.3 is 29.2 Å². The van der Waals surface area contributed by atoms with Crippen molar-refractivity contribution in [2.45, 2.75) is 0 Å². The molecule has 0 radical (unpaired) electrons. The second kappa shape index (κ2) is 9.21. The SMILES string of the molecule is COc1cc(NC(=O)CN(C)c2ccnc3cc(OC)c(OC)cc23)cc(OC)c1. The quantitative estimate of drug-likeness (QED) is 0.609. The average Bonchev–Trinajstić information content (AvgIpc) is 2.76. The van der Waals surface area contributed by atoms with Crippen LogP contribution >= 0.6 is 0 Å². The molecule has 0 saturated carbocycles. The summed E-state index contributed by atoms with van der Waals surface area (Å²) in [4.78, 5) is 18.9. The number of carbonyl (C=O) groups is 1. The van der Waals surface area contributed by atoms with Crippen molar-refractivity contribution in [3.63, 3.8) is 0 Å². The average molecular weight is 411 g/mol. The molecule has 0 aliphatic carbocycles. The lowest BCUT2D eigenvalue weighted by molar-refractivity contribution is -0.114. The molecule has 3 rings (SSSR count). The van der Waals surface area contributed by atoms with E-state index in [0.717, 1.165) is 16.6 Å². The molecule has 0 spiro atoms. The Morgan fingerprint density at radius 2 is 1.57 bits per heavy atom. The molecule has 1 amide bonds. The van der Waals surface area contributed by atoms with Crippen LogP contribution in [0.1, 0.15) is 0 Å². The monoisotopic (exact) mass is 411 g/mol. The Hall–Kier alpha value is -3.68. The first-order valence-corrected chi connectivity index (χ1v) is 9.23. The number of benzene rings is 2. The van der Waals surface area contributed by atoms with E-state index in [1.54, 1.807) is 52.8 Å². The van der Waals surface area contributed by atoms with Crippen LogP contribution in [0.5, 0.6) is 23.0 Å². The molecule has 8 nitrogen and oxygen atoms in total. The van der Waals surface area contributed by atoms with E-state index in [9.17, 15) is 4.79 Å². The van der Waals surface area contributed by atoms with Crippen molar-refractivity contribution in [1.82, 2.24) is 4.98 Å². The standard InChI is InChI=1S/C22H25N3O5/c1-25(13-22(26)24-14-8-15(27-2)10-16(9-14)28-3)19-6-7-23-18-12-21(30-5)20(29-4)11-17(18)19/h6-12H,13H2,1-5H3,(H,24,26). The maximum atomic E-state index is 12.7. The molecule has 0 saturated heterocycles. The molecule has 0 fully saturated rings. The van der Waals surface area contributed by atoms with Gasteiger partial charge in [-0.1, -0.05) is 0 Å². The third-order valence-electron chi connectivity index (χ3n) is 4.65. The van der Waals surface area contributed by atoms with E-state index in [4.69, 9.17) is 18.9 Å². The third-order valence-corrected chi connectivity index (χ3v) is 4.65. The summed E-state index contributed by atoms with van der Waals surface area (Å²) in [7, 11) is 8.13. The lowest BCUT2D eigenvalue weighted by Crippen LogP contribution is -2.30. The van der Waals surface area contributed by atoms with E-state index in [2.05, 4.69) is 10.3 Å². The highest BCUT2D eigenvalue weighted by molar-refractivity contribution is 5.98. The van der Waals surface area contributed by atoms with Gasteiger partial charge >= 0.3 is 0 Å². The number of pyridine rings is 1. The van der Waals surface area contributed by atoms with Crippen molar-refractivity contribution >= 4 is 28.2 Å². The van der Waals surface area contributed by atoms with Crippen molar-refractivity contribution in [1.29, 1.82) is 0 Å². The van der Waals surface area contributed by atoms with Crippen LogP contribution in [0.15, 0.2) is 42.6 Å². The van der Waals surface area contributed by atoms with Crippen molar-refractivity contribution in [2.24, 2.45) is 0 Å². The van der Waals surface area contributed by atoms with Crippen LogP contribution in [0.25, 0.3) is 10.9 Å². The van der Waals surface area contributed by atoms with Gasteiger partial charge in [0.05, 0.1) is 40.5 Å². The molecule has 1 N–H and O–H groups in total. The van der Waals surface area contributed by atoms with Gasteiger partial charge in [-0.3, -0.25) is 9.78 Å². The van der Waals surface area contributed by atoms with Crippen LogP contribution in [0, 0.1) is 0 Å². The molecule has 1 aromatic heterocycles. The summed E-state index contributed by atoms with van der Waals surface area (Å²) >= 11 is 0. The number of methoxy groups -OCH3 is 4. The summed E-state index contributed by atoms with van der Waals surface area (Å²) in [5, 5.41) is 3.74. The summed E-state index contributed by atoms with van der Waals surface area (Å²) in [6.07, 6.45) is 1.70. The van der Waals surface area contributed by atoms with Crippen LogP contribution in [0.3, 0.4) is 0 Å². The van der Waals surface area contributed by atoms with E-state index in [1.807, 2.05) is 30.1 Å². The number of nitrogens with one attached hydrogen (secondary N) is 1. The number of hydrogen-bond acceptors (Lipinski definition) is 7. The minimum Gasteiger partial charge on any atom is -0.497 e. The highest BCUT2D eigenvalue weighted by Crippen LogP contribution is 2.35. The molecule has 0 aliphatic rings. The molecule has 8 heteroatoms. The van der Waals surface area contributed by atoms with Gasteiger partial charge in [0.2, 0.25) is 5.91 Å². The Morgan fingerprint density at radius 3 is 2.17 bits per heavy atom. The number of rotatable bonds is 8. The third kappa shape index (κ3) is 4.48. The number of hydrogen-bond donors (Lipinski definition) is 1. The Bertz CT molecular complexity index is 1030. The predicted molar refractivity (Wildman–Crippen MR) is 116 cm³/mol. The molecule has 3 aromatic rings. The van der Waals surface area contributed by atoms with Crippen LogP contribution in [-0.4, -0.2) is 52.9 Å². The number of likely N-dealkylation sites (N-methyl/N-ethyl adjacent to an activating group) is 1. The Balaban J connectivity index is 1.83. The number of nitrogens with zero attached hydrogens (tertiary/aromatic N) is 2. The normalized spacial score (nSPS) is 10.4. The van der Waals surface area contributed by atoms with Gasteiger partial charge in [-0.25, -0.2) is 0 Å². The van der Waals surface area contributed by atoms with E-state index >= 15 is 0 Å². The zero-order chi connectivity index (χ0) is 21.7. The minimum atomic E-state index is -0.182. The topological polar surface area (TPSA) is 82.2 Å². The van der Waals surface area contributed by atoms with E-state index in [0.29, 0.717) is 28.7 Å². The number of amides is 1. The second-order valence-corrected chi connectivity index (χ2v) is 6.56. The first-order valence-electron chi connectivity index (χ1n) is 9.23. The minimum absolute atomic E-state index is 0.132.